The van der Waals surface area contributed by atoms with Crippen LogP contribution in [0.25, 0.3) is 0 Å². The number of ether oxygens (including phenoxy) is 1. The molecule has 3 heteroatoms. The van der Waals surface area contributed by atoms with Crippen molar-refractivity contribution in [2.75, 3.05) is 31.3 Å². The lowest BCUT2D eigenvalue weighted by atomic mass is 9.88. The fourth-order valence-corrected chi connectivity index (χ4v) is 4.09. The number of nitrogens with two attached hydrogens (primary N) is 1. The topological polar surface area (TPSA) is 38.5 Å². The molecule has 3 atom stereocenters. The van der Waals surface area contributed by atoms with Crippen molar-refractivity contribution in [1.82, 2.24) is 0 Å². The maximum Gasteiger partial charge on any atom is 0.143 e. The Hall–Kier alpha value is -1.38. The minimum Gasteiger partial charge on any atom is -0.495 e. The Kier molecular flexibility index (Phi) is 3.29. The highest BCUT2D eigenvalue weighted by Gasteiger charge is 2.39. The molecule has 0 radical (unpaired) electrons. The molecule has 104 valence electrons. The third kappa shape index (κ3) is 2.26. The maximum absolute atomic E-state index is 6.18. The molecule has 1 aromatic rings. The number of nitrogens with zero attached hydrogens (tertiary/aromatic N) is 1. The van der Waals surface area contributed by atoms with E-state index in [4.69, 9.17) is 10.5 Å². The van der Waals surface area contributed by atoms with E-state index < -0.39 is 0 Å². The highest BCUT2D eigenvalue weighted by atomic mass is 16.5. The molecule has 3 unspecified atom stereocenters. The third-order valence-corrected chi connectivity index (χ3v) is 5.07. The van der Waals surface area contributed by atoms with E-state index in [-0.39, 0.29) is 0 Å². The smallest absolute Gasteiger partial charge is 0.143 e. The van der Waals surface area contributed by atoms with Crippen LogP contribution in [0.15, 0.2) is 18.2 Å². The lowest BCUT2D eigenvalue weighted by molar-refractivity contribution is 0.337. The van der Waals surface area contributed by atoms with Crippen LogP contribution < -0.4 is 15.4 Å². The van der Waals surface area contributed by atoms with Crippen molar-refractivity contribution in [2.45, 2.75) is 25.7 Å². The first-order valence-electron chi connectivity index (χ1n) is 7.32. The zero-order chi connectivity index (χ0) is 13.4. The normalized spacial score (nSPS) is 28.6. The number of hydrogen-bond donors (Lipinski definition) is 1. The number of benzene rings is 1. The standard InChI is InChI=1S/C16H24N2O/c1-18(10-13-9-11-6-7-12(13)8-11)14-4-3-5-15(19-2)16(14)17/h3-5,11-13H,6-10,17H2,1-2H3. The van der Waals surface area contributed by atoms with Crippen LogP contribution in [0.3, 0.4) is 0 Å². The molecule has 3 nitrogen and oxygen atoms in total. The summed E-state index contributed by atoms with van der Waals surface area (Å²) in [6.07, 6.45) is 5.79. The summed E-state index contributed by atoms with van der Waals surface area (Å²) in [7, 11) is 3.82. The molecule has 0 spiro atoms. The molecule has 2 aliphatic rings. The Balaban J connectivity index is 1.72. The van der Waals surface area contributed by atoms with Gasteiger partial charge in [-0.3, -0.25) is 0 Å². The van der Waals surface area contributed by atoms with Gasteiger partial charge in [-0.2, -0.15) is 0 Å². The van der Waals surface area contributed by atoms with Crippen LogP contribution in [-0.2, 0) is 0 Å². The summed E-state index contributed by atoms with van der Waals surface area (Å²) < 4.78 is 5.30. The predicted octanol–water partition coefficient (Wildman–Crippen LogP) is 3.15. The molecule has 1 aromatic carbocycles. The van der Waals surface area contributed by atoms with Crippen LogP contribution in [0.4, 0.5) is 11.4 Å². The lowest BCUT2D eigenvalue weighted by Crippen LogP contribution is -2.29. The van der Waals surface area contributed by atoms with Crippen molar-refractivity contribution >= 4 is 11.4 Å². The van der Waals surface area contributed by atoms with E-state index in [1.54, 1.807) is 7.11 Å². The number of anilines is 2. The van der Waals surface area contributed by atoms with Crippen LogP contribution in [0, 0.1) is 17.8 Å². The van der Waals surface area contributed by atoms with Gasteiger partial charge in [0, 0.05) is 13.6 Å². The minimum absolute atomic E-state index is 0.760. The first-order chi connectivity index (χ1) is 9.19. The first kappa shape index (κ1) is 12.6. The van der Waals surface area contributed by atoms with Crippen LogP contribution in [-0.4, -0.2) is 20.7 Å². The molecule has 2 N–H and O–H groups in total. The Bertz CT molecular complexity index is 460. The van der Waals surface area contributed by atoms with Crippen molar-refractivity contribution in [3.05, 3.63) is 18.2 Å². The SMILES string of the molecule is COc1cccc(N(C)CC2CC3CCC2C3)c1N. The predicted molar refractivity (Wildman–Crippen MR) is 79.6 cm³/mol. The molecule has 0 amide bonds. The van der Waals surface area contributed by atoms with Gasteiger partial charge in [0.05, 0.1) is 18.5 Å². The largest absolute Gasteiger partial charge is 0.495 e. The number of methoxy groups -OCH3 is 1. The molecule has 19 heavy (non-hydrogen) atoms. The summed E-state index contributed by atoms with van der Waals surface area (Å²) in [5.41, 5.74) is 8.04. The molecule has 0 aromatic heterocycles. The molecule has 3 rings (SSSR count). The highest BCUT2D eigenvalue weighted by Crippen LogP contribution is 2.48. The summed E-state index contributed by atoms with van der Waals surface area (Å²) >= 11 is 0. The summed E-state index contributed by atoms with van der Waals surface area (Å²) in [4.78, 5) is 2.31. The number of para-hydroxylation sites is 1. The summed E-state index contributed by atoms with van der Waals surface area (Å²) in [6.45, 7) is 1.12. The number of rotatable bonds is 4. The van der Waals surface area contributed by atoms with Crippen molar-refractivity contribution in [2.24, 2.45) is 17.8 Å². The van der Waals surface area contributed by atoms with Crippen LogP contribution in [0.5, 0.6) is 5.75 Å². The first-order valence-corrected chi connectivity index (χ1v) is 7.32. The quantitative estimate of drug-likeness (QED) is 0.845. The molecule has 2 fully saturated rings. The van der Waals surface area contributed by atoms with Crippen molar-refractivity contribution in [3.8, 4) is 5.75 Å². The summed E-state index contributed by atoms with van der Waals surface area (Å²) in [6, 6.07) is 6.02. The molecule has 2 saturated carbocycles. The monoisotopic (exact) mass is 260 g/mol. The van der Waals surface area contributed by atoms with Gasteiger partial charge in [-0.25, -0.2) is 0 Å². The average molecular weight is 260 g/mol. The third-order valence-electron chi connectivity index (χ3n) is 5.07. The van der Waals surface area contributed by atoms with Crippen molar-refractivity contribution in [1.29, 1.82) is 0 Å². The average Bonchev–Trinajstić information content (AvgIpc) is 3.01. The highest BCUT2D eigenvalue weighted by molar-refractivity contribution is 5.73. The Morgan fingerprint density at radius 1 is 1.32 bits per heavy atom. The molecule has 0 aliphatic heterocycles. The van der Waals surface area contributed by atoms with Gasteiger partial charge in [0.2, 0.25) is 0 Å². The minimum atomic E-state index is 0.760. The van der Waals surface area contributed by atoms with E-state index in [9.17, 15) is 0 Å². The number of nitrogen functional groups attached to an aromatic ring is 1. The van der Waals surface area contributed by atoms with Crippen LogP contribution >= 0.6 is 0 Å². The Morgan fingerprint density at radius 2 is 2.16 bits per heavy atom. The molecule has 2 bridgehead atoms. The van der Waals surface area contributed by atoms with Crippen molar-refractivity contribution < 1.29 is 4.74 Å². The molecule has 2 aliphatic carbocycles. The fraction of sp³-hybridized carbons (Fsp3) is 0.625. The van der Waals surface area contributed by atoms with Gasteiger partial charge in [0.15, 0.2) is 0 Å². The molecular weight excluding hydrogens is 236 g/mol. The number of hydrogen-bond acceptors (Lipinski definition) is 3. The van der Waals surface area contributed by atoms with E-state index in [1.807, 2.05) is 12.1 Å². The van der Waals surface area contributed by atoms with Crippen LogP contribution in [0.2, 0.25) is 0 Å². The lowest BCUT2D eigenvalue weighted by Gasteiger charge is -2.29. The zero-order valence-corrected chi connectivity index (χ0v) is 11.9. The summed E-state index contributed by atoms with van der Waals surface area (Å²) in [5, 5.41) is 0. The Morgan fingerprint density at radius 3 is 2.79 bits per heavy atom. The van der Waals surface area contributed by atoms with Gasteiger partial charge >= 0.3 is 0 Å². The van der Waals surface area contributed by atoms with E-state index in [0.29, 0.717) is 0 Å². The van der Waals surface area contributed by atoms with Crippen molar-refractivity contribution in [3.63, 3.8) is 0 Å². The Labute approximate surface area is 115 Å². The van der Waals surface area contributed by atoms with E-state index in [1.165, 1.54) is 25.7 Å². The van der Waals surface area contributed by atoms with E-state index in [0.717, 1.165) is 41.4 Å². The van der Waals surface area contributed by atoms with E-state index >= 15 is 0 Å². The number of fused-ring (bicyclic) bond motifs is 2. The fourth-order valence-electron chi connectivity index (χ4n) is 4.09. The molecular formula is C16H24N2O. The van der Waals surface area contributed by atoms with Gasteiger partial charge in [-0.15, -0.1) is 0 Å². The molecule has 0 saturated heterocycles. The second-order valence-electron chi connectivity index (χ2n) is 6.21. The second-order valence-corrected chi connectivity index (χ2v) is 6.21. The summed E-state index contributed by atoms with van der Waals surface area (Å²) in [5.74, 6) is 3.59. The van der Waals surface area contributed by atoms with Gasteiger partial charge in [-0.05, 0) is 49.1 Å². The maximum atomic E-state index is 6.18. The van der Waals surface area contributed by atoms with Gasteiger partial charge in [0.1, 0.15) is 5.75 Å². The molecule has 0 heterocycles. The van der Waals surface area contributed by atoms with Crippen LogP contribution in [0.1, 0.15) is 25.7 Å². The zero-order valence-electron chi connectivity index (χ0n) is 11.9. The van der Waals surface area contributed by atoms with Gasteiger partial charge in [-0.1, -0.05) is 12.5 Å². The second kappa shape index (κ2) is 4.95. The van der Waals surface area contributed by atoms with Gasteiger partial charge in [0.25, 0.3) is 0 Å². The van der Waals surface area contributed by atoms with E-state index in [2.05, 4.69) is 18.0 Å². The van der Waals surface area contributed by atoms with Gasteiger partial charge < -0.3 is 15.4 Å².